The third-order valence-electron chi connectivity index (χ3n) is 3.44. The van der Waals surface area contributed by atoms with E-state index in [-0.39, 0.29) is 0 Å². The van der Waals surface area contributed by atoms with E-state index in [4.69, 9.17) is 4.74 Å². The molecule has 0 aliphatic heterocycles. The first-order valence-corrected chi connectivity index (χ1v) is 8.07. The maximum Gasteiger partial charge on any atom is 0.119 e. The van der Waals surface area contributed by atoms with Crippen molar-refractivity contribution in [2.75, 3.05) is 6.61 Å². The van der Waals surface area contributed by atoms with E-state index in [1.54, 1.807) is 0 Å². The first-order chi connectivity index (χ1) is 9.61. The van der Waals surface area contributed by atoms with Crippen LogP contribution in [0.3, 0.4) is 0 Å². The second-order valence-electron chi connectivity index (χ2n) is 6.10. The molecule has 20 heavy (non-hydrogen) atoms. The van der Waals surface area contributed by atoms with E-state index in [0.717, 1.165) is 31.2 Å². The highest BCUT2D eigenvalue weighted by molar-refractivity contribution is 5.28. The fourth-order valence-electron chi connectivity index (χ4n) is 2.19. The highest BCUT2D eigenvalue weighted by Gasteiger charge is 2.03. The Morgan fingerprint density at radius 3 is 2.65 bits per heavy atom. The van der Waals surface area contributed by atoms with E-state index < -0.39 is 0 Å². The van der Waals surface area contributed by atoms with Crippen molar-refractivity contribution in [3.8, 4) is 5.75 Å². The minimum Gasteiger partial charge on any atom is -0.494 e. The van der Waals surface area contributed by atoms with Gasteiger partial charge in [-0.3, -0.25) is 0 Å². The molecule has 1 aromatic rings. The number of nitrogens with one attached hydrogen (secondary N) is 1. The molecule has 2 heteroatoms. The lowest BCUT2D eigenvalue weighted by atomic mass is 10.0. The van der Waals surface area contributed by atoms with Crippen molar-refractivity contribution in [2.45, 2.75) is 66.0 Å². The van der Waals surface area contributed by atoms with Crippen molar-refractivity contribution in [2.24, 2.45) is 5.92 Å². The lowest BCUT2D eigenvalue weighted by molar-refractivity contribution is 0.317. The molecule has 1 N–H and O–H groups in total. The molecule has 1 unspecified atom stereocenters. The molecular formula is C18H31NO. The molecule has 0 aromatic heterocycles. The second-order valence-corrected chi connectivity index (χ2v) is 6.10. The van der Waals surface area contributed by atoms with Gasteiger partial charge in [-0.25, -0.2) is 0 Å². The largest absolute Gasteiger partial charge is 0.494 e. The topological polar surface area (TPSA) is 21.3 Å². The first-order valence-electron chi connectivity index (χ1n) is 8.07. The molecular weight excluding hydrogens is 246 g/mol. The predicted molar refractivity (Wildman–Crippen MR) is 87.2 cm³/mol. The minimum atomic E-state index is 0.578. The van der Waals surface area contributed by atoms with Crippen LogP contribution in [0.2, 0.25) is 0 Å². The number of rotatable bonds is 10. The molecule has 1 aromatic carbocycles. The fraction of sp³-hybridized carbons (Fsp3) is 0.667. The maximum absolute atomic E-state index is 5.67. The van der Waals surface area contributed by atoms with E-state index in [1.807, 2.05) is 6.07 Å². The summed E-state index contributed by atoms with van der Waals surface area (Å²) in [5.74, 6) is 1.80. The number of hydrogen-bond acceptors (Lipinski definition) is 2. The van der Waals surface area contributed by atoms with Gasteiger partial charge < -0.3 is 10.1 Å². The zero-order chi connectivity index (χ0) is 14.8. The molecule has 0 heterocycles. The zero-order valence-electron chi connectivity index (χ0n) is 13.6. The molecule has 0 saturated heterocycles. The molecule has 0 radical (unpaired) electrons. The highest BCUT2D eigenvalue weighted by atomic mass is 16.5. The summed E-state index contributed by atoms with van der Waals surface area (Å²) in [4.78, 5) is 0. The Kier molecular flexibility index (Phi) is 8.36. The summed E-state index contributed by atoms with van der Waals surface area (Å²) >= 11 is 0. The summed E-state index contributed by atoms with van der Waals surface area (Å²) in [6, 6.07) is 8.99. The van der Waals surface area contributed by atoms with Crippen LogP contribution in [0.4, 0.5) is 0 Å². The van der Waals surface area contributed by atoms with Gasteiger partial charge in [-0.15, -0.1) is 0 Å². The van der Waals surface area contributed by atoms with Crippen LogP contribution in [0.25, 0.3) is 0 Å². The Hall–Kier alpha value is -1.02. The van der Waals surface area contributed by atoms with Gasteiger partial charge in [0.05, 0.1) is 6.61 Å². The van der Waals surface area contributed by atoms with Crippen LogP contribution in [-0.4, -0.2) is 12.6 Å². The Bertz CT molecular complexity index is 362. The SMILES string of the molecule is CCCOc1cccc(CNC(C)CCCC(C)C)c1. The van der Waals surface area contributed by atoms with Crippen molar-refractivity contribution < 1.29 is 4.74 Å². The number of ether oxygens (including phenoxy) is 1. The van der Waals surface area contributed by atoms with Crippen LogP contribution >= 0.6 is 0 Å². The quantitative estimate of drug-likeness (QED) is 0.664. The van der Waals surface area contributed by atoms with Crippen molar-refractivity contribution in [3.63, 3.8) is 0 Å². The first kappa shape index (κ1) is 17.0. The Morgan fingerprint density at radius 2 is 1.95 bits per heavy atom. The molecule has 0 saturated carbocycles. The minimum absolute atomic E-state index is 0.578. The monoisotopic (exact) mass is 277 g/mol. The molecule has 114 valence electrons. The van der Waals surface area contributed by atoms with Crippen LogP contribution in [0.15, 0.2) is 24.3 Å². The third-order valence-corrected chi connectivity index (χ3v) is 3.44. The second kappa shape index (κ2) is 9.82. The Morgan fingerprint density at radius 1 is 1.15 bits per heavy atom. The van der Waals surface area contributed by atoms with Crippen molar-refractivity contribution in [3.05, 3.63) is 29.8 Å². The third kappa shape index (κ3) is 7.54. The molecule has 0 fully saturated rings. The average Bonchev–Trinajstić information content (AvgIpc) is 2.43. The summed E-state index contributed by atoms with van der Waals surface area (Å²) in [5.41, 5.74) is 1.30. The lowest BCUT2D eigenvalue weighted by Crippen LogP contribution is -2.25. The molecule has 0 aliphatic carbocycles. The van der Waals surface area contributed by atoms with Gasteiger partial charge in [0.15, 0.2) is 0 Å². The zero-order valence-corrected chi connectivity index (χ0v) is 13.6. The normalized spacial score (nSPS) is 12.7. The summed E-state index contributed by atoms with van der Waals surface area (Å²) < 4.78 is 5.67. The van der Waals surface area contributed by atoms with Crippen LogP contribution in [0.1, 0.15) is 58.9 Å². The molecule has 0 amide bonds. The maximum atomic E-state index is 5.67. The van der Waals surface area contributed by atoms with E-state index in [1.165, 1.54) is 24.8 Å². The van der Waals surface area contributed by atoms with Gasteiger partial charge in [0.1, 0.15) is 5.75 Å². The molecule has 1 rings (SSSR count). The van der Waals surface area contributed by atoms with Gasteiger partial charge in [-0.1, -0.05) is 45.7 Å². The van der Waals surface area contributed by atoms with Crippen LogP contribution < -0.4 is 10.1 Å². The van der Waals surface area contributed by atoms with E-state index >= 15 is 0 Å². The molecule has 1 atom stereocenters. The summed E-state index contributed by atoms with van der Waals surface area (Å²) in [6.07, 6.45) is 4.94. The van der Waals surface area contributed by atoms with Gasteiger partial charge in [0, 0.05) is 12.6 Å². The van der Waals surface area contributed by atoms with E-state index in [2.05, 4.69) is 51.2 Å². The number of hydrogen-bond donors (Lipinski definition) is 1. The van der Waals surface area contributed by atoms with Crippen LogP contribution in [0.5, 0.6) is 5.75 Å². The van der Waals surface area contributed by atoms with Gasteiger partial charge in [-0.2, -0.15) is 0 Å². The number of benzene rings is 1. The molecule has 0 spiro atoms. The summed E-state index contributed by atoms with van der Waals surface area (Å²) in [5, 5.41) is 3.60. The van der Waals surface area contributed by atoms with Gasteiger partial charge in [0.2, 0.25) is 0 Å². The van der Waals surface area contributed by atoms with Crippen LogP contribution in [0, 0.1) is 5.92 Å². The van der Waals surface area contributed by atoms with Gasteiger partial charge in [0.25, 0.3) is 0 Å². The molecule has 0 bridgehead atoms. The van der Waals surface area contributed by atoms with E-state index in [0.29, 0.717) is 6.04 Å². The average molecular weight is 277 g/mol. The van der Waals surface area contributed by atoms with E-state index in [9.17, 15) is 0 Å². The van der Waals surface area contributed by atoms with Crippen molar-refractivity contribution in [1.29, 1.82) is 0 Å². The smallest absolute Gasteiger partial charge is 0.119 e. The van der Waals surface area contributed by atoms with Gasteiger partial charge >= 0.3 is 0 Å². The summed E-state index contributed by atoms with van der Waals surface area (Å²) in [7, 11) is 0. The Labute approximate surface area is 124 Å². The van der Waals surface area contributed by atoms with Gasteiger partial charge in [-0.05, 0) is 43.4 Å². The lowest BCUT2D eigenvalue weighted by Gasteiger charge is -2.15. The van der Waals surface area contributed by atoms with Crippen molar-refractivity contribution >= 4 is 0 Å². The predicted octanol–water partition coefficient (Wildman–Crippen LogP) is 4.78. The Balaban J connectivity index is 2.29. The fourth-order valence-corrected chi connectivity index (χ4v) is 2.19. The molecule has 0 aliphatic rings. The standard InChI is InChI=1S/C18H31NO/c1-5-12-20-18-11-7-10-17(13-18)14-19-16(4)9-6-8-15(2)3/h7,10-11,13,15-16,19H,5-6,8-9,12,14H2,1-4H3. The molecule has 2 nitrogen and oxygen atoms in total. The highest BCUT2D eigenvalue weighted by Crippen LogP contribution is 2.14. The summed E-state index contributed by atoms with van der Waals surface area (Å²) in [6.45, 7) is 10.7. The van der Waals surface area contributed by atoms with Crippen molar-refractivity contribution in [1.82, 2.24) is 5.32 Å². The van der Waals surface area contributed by atoms with Crippen LogP contribution in [-0.2, 0) is 6.54 Å².